The number of nitrogens with one attached hydrogen (secondary N) is 1. The summed E-state index contributed by atoms with van der Waals surface area (Å²) in [6.45, 7) is 12.1. The van der Waals surface area contributed by atoms with Gasteiger partial charge in [0.25, 0.3) is 5.91 Å². The zero-order valence-electron chi connectivity index (χ0n) is 20.3. The highest BCUT2D eigenvalue weighted by molar-refractivity contribution is 7.15. The van der Waals surface area contributed by atoms with Crippen molar-refractivity contribution in [1.82, 2.24) is 10.2 Å². The van der Waals surface area contributed by atoms with Crippen LogP contribution in [-0.2, 0) is 13.0 Å². The number of rotatable bonds is 7. The molecular formula is C28H36N2O2S. The van der Waals surface area contributed by atoms with E-state index < -0.39 is 0 Å². The minimum absolute atomic E-state index is 0.0450. The summed E-state index contributed by atoms with van der Waals surface area (Å²) < 4.78 is 6.25. The van der Waals surface area contributed by atoms with Gasteiger partial charge in [-0.05, 0) is 82.8 Å². The number of piperidine rings is 1. The molecule has 0 radical (unpaired) electrons. The minimum atomic E-state index is -0.104. The average molecular weight is 465 g/mol. The number of fused-ring (bicyclic) bond motifs is 1. The summed E-state index contributed by atoms with van der Waals surface area (Å²) in [7, 11) is 0. The molecule has 1 saturated heterocycles. The monoisotopic (exact) mass is 464 g/mol. The first-order chi connectivity index (χ1) is 15.9. The zero-order chi connectivity index (χ0) is 23.4. The Balaban J connectivity index is 1.27. The van der Waals surface area contributed by atoms with Gasteiger partial charge in [-0.15, -0.1) is 11.3 Å². The van der Waals surface area contributed by atoms with E-state index in [1.807, 2.05) is 32.1 Å². The molecule has 3 heterocycles. The van der Waals surface area contributed by atoms with Gasteiger partial charge in [0.1, 0.15) is 11.4 Å². The zero-order valence-corrected chi connectivity index (χ0v) is 21.1. The molecular weight excluding hydrogens is 428 g/mol. The summed E-state index contributed by atoms with van der Waals surface area (Å²) >= 11 is 1.56. The van der Waals surface area contributed by atoms with Crippen LogP contribution in [0.4, 0.5) is 0 Å². The summed E-state index contributed by atoms with van der Waals surface area (Å²) in [5, 5.41) is 3.19. The Morgan fingerprint density at radius 1 is 1.21 bits per heavy atom. The summed E-state index contributed by atoms with van der Waals surface area (Å²) in [5.74, 6) is 1.68. The molecule has 0 saturated carbocycles. The first kappa shape index (κ1) is 23.8. The van der Waals surface area contributed by atoms with Crippen molar-refractivity contribution in [1.29, 1.82) is 0 Å². The molecule has 2 aliphatic rings. The molecule has 1 aromatic carbocycles. The number of likely N-dealkylation sites (tertiary alicyclic amines) is 1. The normalized spacial score (nSPS) is 18.7. The second-order valence-electron chi connectivity index (χ2n) is 9.80. The Morgan fingerprint density at radius 3 is 2.70 bits per heavy atom. The first-order valence-electron chi connectivity index (χ1n) is 12.1. The summed E-state index contributed by atoms with van der Waals surface area (Å²) in [6, 6.07) is 8.56. The second kappa shape index (κ2) is 10.3. The average Bonchev–Trinajstić information content (AvgIpc) is 3.33. The maximum Gasteiger partial charge on any atom is 0.261 e. The number of carbonyl (C=O) groups excluding carboxylic acids is 1. The number of allylic oxidation sites excluding steroid dienone is 2. The van der Waals surface area contributed by atoms with Gasteiger partial charge in [0.05, 0.1) is 4.88 Å². The molecule has 33 heavy (non-hydrogen) atoms. The topological polar surface area (TPSA) is 41.6 Å². The molecule has 4 rings (SSSR count). The Morgan fingerprint density at radius 2 is 1.97 bits per heavy atom. The van der Waals surface area contributed by atoms with Crippen LogP contribution in [0.25, 0.3) is 12.2 Å². The van der Waals surface area contributed by atoms with Crippen molar-refractivity contribution < 1.29 is 9.53 Å². The van der Waals surface area contributed by atoms with Crippen molar-refractivity contribution in [3.05, 3.63) is 62.9 Å². The Kier molecular flexibility index (Phi) is 7.40. The highest BCUT2D eigenvalue weighted by Gasteiger charge is 2.32. The number of para-hydroxylation sites is 1. The lowest BCUT2D eigenvalue weighted by molar-refractivity contribution is 0.0938. The van der Waals surface area contributed by atoms with Gasteiger partial charge in [0.15, 0.2) is 0 Å². The van der Waals surface area contributed by atoms with E-state index in [9.17, 15) is 4.79 Å². The van der Waals surface area contributed by atoms with Gasteiger partial charge in [-0.1, -0.05) is 36.4 Å². The predicted molar refractivity (Wildman–Crippen MR) is 139 cm³/mol. The number of thiophene rings is 1. The fourth-order valence-corrected chi connectivity index (χ4v) is 5.88. The molecule has 2 aliphatic heterocycles. The van der Waals surface area contributed by atoms with E-state index in [-0.39, 0.29) is 11.5 Å². The molecule has 1 aromatic heterocycles. The van der Waals surface area contributed by atoms with Crippen LogP contribution in [0.5, 0.6) is 5.75 Å². The Labute approximate surface area is 202 Å². The standard InChI is InChI=1S/C28H36N2O2S/c1-5-8-21-16-25(33-24(21)9-6-2)27(31)29-18-20-12-14-30(15-13-20)19-23-11-7-10-22-17-28(3,4)32-26(22)23/h5-11,16,20H,12-15,17-19H2,1-4H3,(H,29,31)/b8-5+,9-6-. The van der Waals surface area contributed by atoms with E-state index in [4.69, 9.17) is 4.74 Å². The van der Waals surface area contributed by atoms with Crippen molar-refractivity contribution in [3.8, 4) is 5.75 Å². The number of nitrogens with zero attached hydrogens (tertiary/aromatic N) is 1. The number of amides is 1. The van der Waals surface area contributed by atoms with Gasteiger partial charge in [-0.2, -0.15) is 0 Å². The number of carbonyl (C=O) groups is 1. The smallest absolute Gasteiger partial charge is 0.261 e. The van der Waals surface area contributed by atoms with Gasteiger partial charge >= 0.3 is 0 Å². The maximum atomic E-state index is 12.8. The number of benzene rings is 1. The molecule has 0 spiro atoms. The minimum Gasteiger partial charge on any atom is -0.487 e. The molecule has 0 aliphatic carbocycles. The van der Waals surface area contributed by atoms with E-state index in [2.05, 4.69) is 54.4 Å². The number of hydrogen-bond donors (Lipinski definition) is 1. The van der Waals surface area contributed by atoms with Gasteiger partial charge in [0, 0.05) is 30.0 Å². The largest absolute Gasteiger partial charge is 0.487 e. The summed E-state index contributed by atoms with van der Waals surface area (Å²) in [6.07, 6.45) is 11.4. The van der Waals surface area contributed by atoms with Crippen LogP contribution in [-0.4, -0.2) is 36.0 Å². The molecule has 4 nitrogen and oxygen atoms in total. The SMILES string of the molecule is C/C=C\c1sc(C(=O)NCC2CCN(Cc3cccc4c3OC(C)(C)C4)CC2)cc1/C=C/C. The number of ether oxygens (including phenoxy) is 1. The fourth-order valence-electron chi connectivity index (χ4n) is 4.84. The third-order valence-corrected chi connectivity index (χ3v) is 7.62. The van der Waals surface area contributed by atoms with E-state index in [1.54, 1.807) is 11.3 Å². The second-order valence-corrected chi connectivity index (χ2v) is 10.9. The van der Waals surface area contributed by atoms with Gasteiger partial charge in [0.2, 0.25) is 0 Å². The Hall–Kier alpha value is -2.37. The molecule has 0 unspecified atom stereocenters. The maximum absolute atomic E-state index is 12.8. The van der Waals surface area contributed by atoms with Gasteiger partial charge < -0.3 is 10.1 Å². The van der Waals surface area contributed by atoms with Crippen LogP contribution in [0.2, 0.25) is 0 Å². The molecule has 1 fully saturated rings. The first-order valence-corrected chi connectivity index (χ1v) is 12.9. The molecule has 176 valence electrons. The Bertz CT molecular complexity index is 1010. The van der Waals surface area contributed by atoms with Crippen LogP contribution in [0.1, 0.15) is 71.8 Å². The van der Waals surface area contributed by atoms with Crippen LogP contribution < -0.4 is 10.1 Å². The van der Waals surface area contributed by atoms with E-state index >= 15 is 0 Å². The summed E-state index contributed by atoms with van der Waals surface area (Å²) in [4.78, 5) is 17.2. The van der Waals surface area contributed by atoms with E-state index in [1.165, 1.54) is 11.1 Å². The molecule has 5 heteroatoms. The van der Waals surface area contributed by atoms with E-state index in [0.717, 1.165) is 66.5 Å². The van der Waals surface area contributed by atoms with Crippen molar-refractivity contribution in [2.24, 2.45) is 5.92 Å². The van der Waals surface area contributed by atoms with Crippen LogP contribution in [0.3, 0.4) is 0 Å². The summed E-state index contributed by atoms with van der Waals surface area (Å²) in [5.41, 5.74) is 3.64. The van der Waals surface area contributed by atoms with Crippen LogP contribution in [0.15, 0.2) is 36.4 Å². The quantitative estimate of drug-likeness (QED) is 0.533. The molecule has 2 aromatic rings. The molecule has 0 bridgehead atoms. The van der Waals surface area contributed by atoms with Crippen molar-refractivity contribution in [2.75, 3.05) is 19.6 Å². The van der Waals surface area contributed by atoms with Gasteiger partial charge in [-0.25, -0.2) is 0 Å². The van der Waals surface area contributed by atoms with Crippen molar-refractivity contribution >= 4 is 29.4 Å². The van der Waals surface area contributed by atoms with Crippen LogP contribution >= 0.6 is 11.3 Å². The highest BCUT2D eigenvalue weighted by Crippen LogP contribution is 2.38. The third kappa shape index (κ3) is 5.77. The van der Waals surface area contributed by atoms with E-state index in [0.29, 0.717) is 5.92 Å². The number of hydrogen-bond acceptors (Lipinski definition) is 4. The molecule has 1 N–H and O–H groups in total. The predicted octanol–water partition coefficient (Wildman–Crippen LogP) is 6.17. The molecule has 1 amide bonds. The van der Waals surface area contributed by atoms with Gasteiger partial charge in [-0.3, -0.25) is 9.69 Å². The van der Waals surface area contributed by atoms with Crippen molar-refractivity contribution in [3.63, 3.8) is 0 Å². The third-order valence-electron chi connectivity index (χ3n) is 6.50. The lowest BCUT2D eigenvalue weighted by atomic mass is 9.96. The lowest BCUT2D eigenvalue weighted by Gasteiger charge is -2.32. The fraction of sp³-hybridized carbons (Fsp3) is 0.464. The molecule has 0 atom stereocenters. The van der Waals surface area contributed by atoms with Crippen LogP contribution in [0, 0.1) is 5.92 Å². The van der Waals surface area contributed by atoms with Crippen molar-refractivity contribution in [2.45, 2.75) is 59.1 Å². The highest BCUT2D eigenvalue weighted by atomic mass is 32.1. The lowest BCUT2D eigenvalue weighted by Crippen LogP contribution is -2.38.